The molecule has 10 heteroatoms. The molecule has 1 aliphatic carbocycles. The Morgan fingerprint density at radius 3 is 2.73 bits per heavy atom. The van der Waals surface area contributed by atoms with Crippen LogP contribution in [0.15, 0.2) is 36.5 Å². The fourth-order valence-corrected chi connectivity index (χ4v) is 4.31. The molecule has 2 heterocycles. The summed E-state index contributed by atoms with van der Waals surface area (Å²) < 4.78 is 55.6. The van der Waals surface area contributed by atoms with Gasteiger partial charge in [-0.05, 0) is 62.4 Å². The second-order valence-electron chi connectivity index (χ2n) is 8.33. The van der Waals surface area contributed by atoms with Crippen molar-refractivity contribution in [1.29, 1.82) is 0 Å². The molecule has 0 unspecified atom stereocenters. The van der Waals surface area contributed by atoms with Gasteiger partial charge in [-0.15, -0.1) is 0 Å². The van der Waals surface area contributed by atoms with Crippen molar-refractivity contribution in [3.05, 3.63) is 53.7 Å². The van der Waals surface area contributed by atoms with Crippen LogP contribution < -0.4 is 10.6 Å². The molecule has 0 aliphatic heterocycles. The van der Waals surface area contributed by atoms with E-state index in [0.717, 1.165) is 37.8 Å². The number of hydrogen-bond acceptors (Lipinski definition) is 4. The molecule has 0 saturated heterocycles. The highest BCUT2D eigenvalue weighted by Gasteiger charge is 2.34. The van der Waals surface area contributed by atoms with Crippen LogP contribution in [0.25, 0.3) is 10.9 Å². The van der Waals surface area contributed by atoms with Crippen molar-refractivity contribution in [2.45, 2.75) is 63.8 Å². The van der Waals surface area contributed by atoms with Crippen LogP contribution in [0.4, 0.5) is 23.2 Å². The van der Waals surface area contributed by atoms with Crippen molar-refractivity contribution in [2.24, 2.45) is 0 Å². The number of hydrogen-bond donors (Lipinski definition) is 2. The lowest BCUT2D eigenvalue weighted by Crippen LogP contribution is -2.42. The van der Waals surface area contributed by atoms with Crippen LogP contribution in [0, 0.1) is 5.82 Å². The number of carbonyl (C=O) groups is 1. The van der Waals surface area contributed by atoms with Crippen LogP contribution in [0.1, 0.15) is 55.2 Å². The predicted octanol–water partition coefficient (Wildman–Crippen LogP) is 5.15. The zero-order chi connectivity index (χ0) is 23.6. The number of alkyl halides is 3. The van der Waals surface area contributed by atoms with Gasteiger partial charge in [-0.1, -0.05) is 6.92 Å². The standard InChI is InChI=1S/C23H25F4N5O/c1-2-10-32-20(8-9-28-32)22(33)30-16-5-3-4-15(12-16)29-19-13-21(23(25,26)27)31-18-7-6-14(24)11-17(18)19/h6-9,11,13,15-16H,2-5,10,12H2,1H3,(H,29,31)(H,30,33)/t15-,16+/m0/s1. The number of carbonyl (C=O) groups excluding carboxylic acids is 1. The largest absolute Gasteiger partial charge is 0.433 e. The van der Waals surface area contributed by atoms with Crippen LogP contribution in [0.3, 0.4) is 0 Å². The lowest BCUT2D eigenvalue weighted by molar-refractivity contribution is -0.140. The van der Waals surface area contributed by atoms with Crippen molar-refractivity contribution < 1.29 is 22.4 Å². The van der Waals surface area contributed by atoms with E-state index in [4.69, 9.17) is 0 Å². The molecule has 1 saturated carbocycles. The Morgan fingerprint density at radius 2 is 1.97 bits per heavy atom. The van der Waals surface area contributed by atoms with Crippen molar-refractivity contribution in [2.75, 3.05) is 5.32 Å². The molecule has 2 aromatic heterocycles. The summed E-state index contributed by atoms with van der Waals surface area (Å²) in [6.45, 7) is 2.64. The zero-order valence-electron chi connectivity index (χ0n) is 18.1. The normalized spacial score (nSPS) is 18.9. The summed E-state index contributed by atoms with van der Waals surface area (Å²) in [4.78, 5) is 16.4. The lowest BCUT2D eigenvalue weighted by atomic mass is 9.90. The van der Waals surface area contributed by atoms with Crippen molar-refractivity contribution in [3.8, 4) is 0 Å². The van der Waals surface area contributed by atoms with Crippen LogP contribution in [0.2, 0.25) is 0 Å². The molecule has 2 atom stereocenters. The second-order valence-corrected chi connectivity index (χ2v) is 8.33. The van der Waals surface area contributed by atoms with Crippen molar-refractivity contribution >= 4 is 22.5 Å². The van der Waals surface area contributed by atoms with Crippen molar-refractivity contribution in [3.63, 3.8) is 0 Å². The van der Waals surface area contributed by atoms with Gasteiger partial charge in [0.2, 0.25) is 0 Å². The molecule has 0 bridgehead atoms. The first-order valence-electron chi connectivity index (χ1n) is 11.0. The molecule has 1 aromatic carbocycles. The number of amides is 1. The molecule has 4 rings (SSSR count). The number of nitrogens with one attached hydrogen (secondary N) is 2. The van der Waals surface area contributed by atoms with Gasteiger partial charge < -0.3 is 10.6 Å². The van der Waals surface area contributed by atoms with Gasteiger partial charge in [0.1, 0.15) is 17.2 Å². The highest BCUT2D eigenvalue weighted by molar-refractivity contribution is 5.93. The van der Waals surface area contributed by atoms with Crippen LogP contribution in [-0.4, -0.2) is 32.8 Å². The van der Waals surface area contributed by atoms with Crippen LogP contribution in [0.5, 0.6) is 0 Å². The molecule has 0 spiro atoms. The molecule has 3 aromatic rings. The van der Waals surface area contributed by atoms with Gasteiger partial charge in [-0.2, -0.15) is 18.3 Å². The number of rotatable bonds is 6. The average Bonchev–Trinajstić information content (AvgIpc) is 3.22. The molecular weight excluding hydrogens is 438 g/mol. The maximum Gasteiger partial charge on any atom is 0.433 e. The van der Waals surface area contributed by atoms with E-state index in [2.05, 4.69) is 20.7 Å². The van der Waals surface area contributed by atoms with Crippen LogP contribution >= 0.6 is 0 Å². The van der Waals surface area contributed by atoms with E-state index < -0.39 is 17.7 Å². The smallest absolute Gasteiger partial charge is 0.382 e. The molecule has 6 nitrogen and oxygen atoms in total. The Kier molecular flexibility index (Phi) is 6.53. The highest BCUT2D eigenvalue weighted by Crippen LogP contribution is 2.34. The van der Waals surface area contributed by atoms with Crippen molar-refractivity contribution in [1.82, 2.24) is 20.1 Å². The number of halogens is 4. The van der Waals surface area contributed by atoms with Gasteiger partial charge in [0.25, 0.3) is 5.91 Å². The van der Waals surface area contributed by atoms with Gasteiger partial charge in [-0.25, -0.2) is 9.37 Å². The van der Waals surface area contributed by atoms with Gasteiger partial charge >= 0.3 is 6.18 Å². The molecule has 0 radical (unpaired) electrons. The van der Waals surface area contributed by atoms with E-state index in [0.29, 0.717) is 18.7 Å². The maximum atomic E-state index is 13.8. The van der Waals surface area contributed by atoms with E-state index >= 15 is 0 Å². The number of nitrogens with zero attached hydrogens (tertiary/aromatic N) is 3. The number of pyridine rings is 1. The Balaban J connectivity index is 1.52. The molecule has 1 aliphatic rings. The summed E-state index contributed by atoms with van der Waals surface area (Å²) >= 11 is 0. The minimum absolute atomic E-state index is 0.0681. The van der Waals surface area contributed by atoms with E-state index in [-0.39, 0.29) is 34.6 Å². The molecular formula is C23H25F4N5O. The minimum atomic E-state index is -4.62. The Labute approximate surface area is 188 Å². The molecule has 33 heavy (non-hydrogen) atoms. The fourth-order valence-electron chi connectivity index (χ4n) is 4.31. The number of benzene rings is 1. The third kappa shape index (κ3) is 5.26. The monoisotopic (exact) mass is 463 g/mol. The molecule has 176 valence electrons. The summed E-state index contributed by atoms with van der Waals surface area (Å²) in [5, 5.41) is 10.6. The maximum absolute atomic E-state index is 13.8. The number of aromatic nitrogens is 3. The third-order valence-electron chi connectivity index (χ3n) is 5.81. The minimum Gasteiger partial charge on any atom is -0.382 e. The average molecular weight is 463 g/mol. The Bertz CT molecular complexity index is 1140. The number of fused-ring (bicyclic) bond motifs is 1. The predicted molar refractivity (Wildman–Crippen MR) is 116 cm³/mol. The lowest BCUT2D eigenvalue weighted by Gasteiger charge is -2.31. The molecule has 1 fully saturated rings. The first-order valence-corrected chi connectivity index (χ1v) is 11.0. The molecule has 1 amide bonds. The Hall–Kier alpha value is -3.17. The topological polar surface area (TPSA) is 71.8 Å². The zero-order valence-corrected chi connectivity index (χ0v) is 18.1. The summed E-state index contributed by atoms with van der Waals surface area (Å²) in [5.41, 5.74) is -0.297. The van der Waals surface area contributed by atoms with Gasteiger partial charge in [0, 0.05) is 35.9 Å². The summed E-state index contributed by atoms with van der Waals surface area (Å²) in [7, 11) is 0. The van der Waals surface area contributed by atoms with Gasteiger partial charge in [0.15, 0.2) is 0 Å². The molecule has 2 N–H and O–H groups in total. The first-order chi connectivity index (χ1) is 15.7. The van der Waals surface area contributed by atoms with E-state index in [1.54, 1.807) is 16.9 Å². The second kappa shape index (κ2) is 9.36. The first kappa shape index (κ1) is 23.0. The highest BCUT2D eigenvalue weighted by atomic mass is 19.4. The van der Waals surface area contributed by atoms with E-state index in [9.17, 15) is 22.4 Å². The SMILES string of the molecule is CCCn1nccc1C(=O)N[C@@H]1CCC[C@H](Nc2cc(C(F)(F)F)nc3ccc(F)cc23)C1. The van der Waals surface area contributed by atoms with E-state index in [1.165, 1.54) is 12.1 Å². The summed E-state index contributed by atoms with van der Waals surface area (Å²) in [6, 6.07) is 5.79. The number of anilines is 1. The van der Waals surface area contributed by atoms with E-state index in [1.807, 2.05) is 6.92 Å². The third-order valence-corrected chi connectivity index (χ3v) is 5.81. The van der Waals surface area contributed by atoms with Gasteiger partial charge in [0.05, 0.1) is 5.52 Å². The van der Waals surface area contributed by atoms with Gasteiger partial charge in [-0.3, -0.25) is 9.48 Å². The summed E-state index contributed by atoms with van der Waals surface area (Å²) in [5.74, 6) is -0.771. The van der Waals surface area contributed by atoms with Crippen LogP contribution in [-0.2, 0) is 12.7 Å². The fraction of sp³-hybridized carbons (Fsp3) is 0.435. The summed E-state index contributed by atoms with van der Waals surface area (Å²) in [6.07, 6.45) is 0.628. The Morgan fingerprint density at radius 1 is 1.18 bits per heavy atom. The quantitative estimate of drug-likeness (QED) is 0.496. The number of aryl methyl sites for hydroxylation is 1.